The van der Waals surface area contributed by atoms with Gasteiger partial charge in [-0.3, -0.25) is 9.59 Å². The predicted molar refractivity (Wildman–Crippen MR) is 125 cm³/mol. The molecule has 1 saturated heterocycles. The Balaban J connectivity index is 0.00000112. The van der Waals surface area contributed by atoms with Gasteiger partial charge < -0.3 is 15.0 Å². The molecule has 0 atom stereocenters. The molecule has 160 valence electrons. The summed E-state index contributed by atoms with van der Waals surface area (Å²) >= 11 is 0. The fourth-order valence-corrected chi connectivity index (χ4v) is 4.23. The quantitative estimate of drug-likeness (QED) is 0.651. The van der Waals surface area contributed by atoms with Crippen molar-refractivity contribution in [3.63, 3.8) is 0 Å². The Morgan fingerprint density at radius 1 is 0.839 bits per heavy atom. The van der Waals surface area contributed by atoms with Crippen LogP contribution in [0.4, 0.5) is 11.4 Å². The molecule has 0 spiro atoms. The Labute approximate surface area is 182 Å². The van der Waals surface area contributed by atoms with Crippen molar-refractivity contribution >= 4 is 34.0 Å². The maximum Gasteiger partial charge on any atom is 0.265 e. The van der Waals surface area contributed by atoms with E-state index in [2.05, 4.69) is 10.2 Å². The van der Waals surface area contributed by atoms with Gasteiger partial charge in [-0.25, -0.2) is 4.90 Å². The van der Waals surface area contributed by atoms with Crippen molar-refractivity contribution in [3.8, 4) is 5.75 Å². The first-order chi connectivity index (χ1) is 15.2. The molecule has 0 radical (unpaired) electrons. The number of carbonyl (C=O) groups excluding carboxylic acids is 2. The number of carbonyl (C=O) groups is 2. The van der Waals surface area contributed by atoms with E-state index in [1.165, 1.54) is 4.90 Å². The van der Waals surface area contributed by atoms with Gasteiger partial charge in [-0.15, -0.1) is 0 Å². The van der Waals surface area contributed by atoms with Crippen molar-refractivity contribution in [1.29, 1.82) is 0 Å². The van der Waals surface area contributed by atoms with E-state index in [1.807, 2.05) is 38.1 Å². The average molecular weight is 418 g/mol. The molecule has 5 rings (SSSR count). The Kier molecular flexibility index (Phi) is 5.91. The molecule has 6 nitrogen and oxygen atoms in total. The van der Waals surface area contributed by atoms with Gasteiger partial charge in [0.1, 0.15) is 5.75 Å². The maximum atomic E-state index is 13.3. The summed E-state index contributed by atoms with van der Waals surface area (Å²) in [5.74, 6) is 0.0836. The molecule has 2 amide bonds. The summed E-state index contributed by atoms with van der Waals surface area (Å²) in [4.78, 5) is 30.2. The summed E-state index contributed by atoms with van der Waals surface area (Å²) in [6, 6.07) is 16.5. The molecule has 0 aliphatic carbocycles. The van der Waals surface area contributed by atoms with E-state index in [1.54, 1.807) is 37.4 Å². The van der Waals surface area contributed by atoms with Crippen molar-refractivity contribution in [2.75, 3.05) is 43.1 Å². The van der Waals surface area contributed by atoms with E-state index in [-0.39, 0.29) is 11.8 Å². The molecular formula is C25H27N3O3. The predicted octanol–water partition coefficient (Wildman–Crippen LogP) is 4.08. The number of nitrogens with one attached hydrogen (secondary N) is 1. The number of ether oxygens (including phenoxy) is 1. The first-order valence-corrected chi connectivity index (χ1v) is 10.7. The molecule has 3 aromatic carbocycles. The lowest BCUT2D eigenvalue weighted by atomic mass is 9.92. The van der Waals surface area contributed by atoms with Crippen LogP contribution in [0, 0.1) is 0 Å². The number of nitrogens with zero attached hydrogens (tertiary/aromatic N) is 2. The molecule has 0 bridgehead atoms. The number of methoxy groups -OCH3 is 1. The zero-order valence-electron chi connectivity index (χ0n) is 18.1. The Bertz CT molecular complexity index is 1100. The number of imide groups is 1. The minimum atomic E-state index is -0.296. The second kappa shape index (κ2) is 8.78. The summed E-state index contributed by atoms with van der Waals surface area (Å²) in [6.07, 6.45) is 0. The molecular weight excluding hydrogens is 390 g/mol. The third kappa shape index (κ3) is 3.53. The minimum absolute atomic E-state index is 0.296. The number of anilines is 2. The van der Waals surface area contributed by atoms with Gasteiger partial charge in [0, 0.05) is 53.8 Å². The normalized spacial score (nSPS) is 15.6. The van der Waals surface area contributed by atoms with Crippen LogP contribution in [-0.2, 0) is 0 Å². The highest BCUT2D eigenvalue weighted by Crippen LogP contribution is 2.37. The molecule has 1 fully saturated rings. The lowest BCUT2D eigenvalue weighted by Crippen LogP contribution is -2.44. The highest BCUT2D eigenvalue weighted by Gasteiger charge is 2.34. The Morgan fingerprint density at radius 2 is 1.48 bits per heavy atom. The van der Waals surface area contributed by atoms with Gasteiger partial charge in [-0.05, 0) is 42.5 Å². The van der Waals surface area contributed by atoms with Gasteiger partial charge in [0.05, 0.1) is 12.8 Å². The van der Waals surface area contributed by atoms with Gasteiger partial charge in [-0.1, -0.05) is 26.0 Å². The number of piperazine rings is 1. The van der Waals surface area contributed by atoms with Crippen LogP contribution in [0.5, 0.6) is 5.75 Å². The molecule has 6 heteroatoms. The van der Waals surface area contributed by atoms with Gasteiger partial charge in [0.25, 0.3) is 11.8 Å². The molecule has 0 unspecified atom stereocenters. The third-order valence-corrected chi connectivity index (χ3v) is 5.67. The van der Waals surface area contributed by atoms with Gasteiger partial charge in [-0.2, -0.15) is 0 Å². The lowest BCUT2D eigenvalue weighted by molar-refractivity contribution is 0.0893. The standard InChI is InChI=1S/C23H21N3O3.C2H6/c1-29-16-7-5-15(6-8-16)26-22(27)18-4-2-3-17-20(25-13-11-24-12-14-25)10-9-19(21(17)18)23(26)28;1-2/h2-10,24H,11-14H2,1H3;1-2H3. The van der Waals surface area contributed by atoms with E-state index < -0.39 is 0 Å². The highest BCUT2D eigenvalue weighted by atomic mass is 16.5. The van der Waals surface area contributed by atoms with Crippen LogP contribution in [-0.4, -0.2) is 45.1 Å². The van der Waals surface area contributed by atoms with Crippen LogP contribution in [0.15, 0.2) is 54.6 Å². The van der Waals surface area contributed by atoms with E-state index in [0.717, 1.165) is 42.6 Å². The van der Waals surface area contributed by atoms with Crippen molar-refractivity contribution in [2.24, 2.45) is 0 Å². The topological polar surface area (TPSA) is 61.9 Å². The molecule has 2 aliphatic rings. The first-order valence-electron chi connectivity index (χ1n) is 10.7. The number of amides is 2. The van der Waals surface area contributed by atoms with Crippen molar-refractivity contribution < 1.29 is 14.3 Å². The zero-order valence-corrected chi connectivity index (χ0v) is 18.1. The van der Waals surface area contributed by atoms with E-state index in [0.29, 0.717) is 22.6 Å². The summed E-state index contributed by atoms with van der Waals surface area (Å²) in [5, 5.41) is 5.07. The third-order valence-electron chi connectivity index (χ3n) is 5.67. The fraction of sp³-hybridized carbons (Fsp3) is 0.280. The Morgan fingerprint density at radius 3 is 2.13 bits per heavy atom. The number of hydrogen-bond acceptors (Lipinski definition) is 5. The van der Waals surface area contributed by atoms with E-state index >= 15 is 0 Å². The number of hydrogen-bond donors (Lipinski definition) is 1. The molecule has 3 aromatic rings. The van der Waals surface area contributed by atoms with Crippen LogP contribution in [0.3, 0.4) is 0 Å². The maximum absolute atomic E-state index is 13.3. The summed E-state index contributed by atoms with van der Waals surface area (Å²) in [5.41, 5.74) is 2.73. The number of benzene rings is 3. The molecule has 0 aromatic heterocycles. The zero-order chi connectivity index (χ0) is 22.0. The molecule has 2 heterocycles. The average Bonchev–Trinajstić information content (AvgIpc) is 2.84. The van der Waals surface area contributed by atoms with Crippen molar-refractivity contribution in [1.82, 2.24) is 5.32 Å². The fourth-order valence-electron chi connectivity index (χ4n) is 4.23. The van der Waals surface area contributed by atoms with Crippen LogP contribution in [0.1, 0.15) is 34.6 Å². The van der Waals surface area contributed by atoms with Crippen LogP contribution in [0.25, 0.3) is 10.8 Å². The van der Waals surface area contributed by atoms with Gasteiger partial charge in [0.15, 0.2) is 0 Å². The van der Waals surface area contributed by atoms with Crippen molar-refractivity contribution in [2.45, 2.75) is 13.8 Å². The highest BCUT2D eigenvalue weighted by molar-refractivity contribution is 6.36. The van der Waals surface area contributed by atoms with Crippen molar-refractivity contribution in [3.05, 3.63) is 65.7 Å². The minimum Gasteiger partial charge on any atom is -0.497 e. The lowest BCUT2D eigenvalue weighted by Gasteiger charge is -2.32. The van der Waals surface area contributed by atoms with E-state index in [4.69, 9.17) is 4.74 Å². The van der Waals surface area contributed by atoms with Crippen LogP contribution < -0.4 is 19.9 Å². The Hall–Kier alpha value is -3.38. The van der Waals surface area contributed by atoms with Gasteiger partial charge >= 0.3 is 0 Å². The molecule has 1 N–H and O–H groups in total. The largest absolute Gasteiger partial charge is 0.497 e. The summed E-state index contributed by atoms with van der Waals surface area (Å²) < 4.78 is 5.19. The van der Waals surface area contributed by atoms with Crippen LogP contribution in [0.2, 0.25) is 0 Å². The first kappa shape index (κ1) is 20.9. The van der Waals surface area contributed by atoms with Crippen LogP contribution >= 0.6 is 0 Å². The summed E-state index contributed by atoms with van der Waals surface area (Å²) in [6.45, 7) is 7.65. The monoisotopic (exact) mass is 417 g/mol. The second-order valence-electron chi connectivity index (χ2n) is 7.24. The smallest absolute Gasteiger partial charge is 0.265 e. The second-order valence-corrected chi connectivity index (χ2v) is 7.24. The van der Waals surface area contributed by atoms with Gasteiger partial charge in [0.2, 0.25) is 0 Å². The number of rotatable bonds is 3. The molecule has 2 aliphatic heterocycles. The molecule has 31 heavy (non-hydrogen) atoms. The SMILES string of the molecule is CC.COc1ccc(N2C(=O)c3cccc4c(N5CCNCC5)ccc(c34)C2=O)cc1. The van der Waals surface area contributed by atoms with E-state index in [9.17, 15) is 9.59 Å². The summed E-state index contributed by atoms with van der Waals surface area (Å²) in [7, 11) is 1.58. The molecule has 0 saturated carbocycles.